The Morgan fingerprint density at radius 1 is 1.14 bits per heavy atom. The van der Waals surface area contributed by atoms with Crippen LogP contribution in [0.4, 0.5) is 4.79 Å². The van der Waals surface area contributed by atoms with Gasteiger partial charge in [-0.2, -0.15) is 0 Å². The highest BCUT2D eigenvalue weighted by molar-refractivity contribution is 6.46. The Labute approximate surface area is 210 Å². The molecule has 9 nitrogen and oxygen atoms in total. The van der Waals surface area contributed by atoms with Crippen molar-refractivity contribution in [2.75, 3.05) is 19.7 Å². The van der Waals surface area contributed by atoms with E-state index in [-0.39, 0.29) is 29.6 Å². The first-order chi connectivity index (χ1) is 17.3. The quantitative estimate of drug-likeness (QED) is 0.369. The third-order valence-corrected chi connectivity index (χ3v) is 6.36. The minimum absolute atomic E-state index is 0.00408. The van der Waals surface area contributed by atoms with Gasteiger partial charge in [0.25, 0.3) is 11.7 Å². The van der Waals surface area contributed by atoms with E-state index in [0.29, 0.717) is 49.4 Å². The van der Waals surface area contributed by atoms with Crippen LogP contribution in [0.5, 0.6) is 5.75 Å². The molecule has 190 valence electrons. The largest absolute Gasteiger partial charge is 0.507 e. The Morgan fingerprint density at radius 3 is 2.42 bits per heavy atom. The van der Waals surface area contributed by atoms with Crippen molar-refractivity contribution >= 4 is 23.5 Å². The van der Waals surface area contributed by atoms with Crippen LogP contribution >= 0.6 is 0 Å². The lowest BCUT2D eigenvalue weighted by atomic mass is 9.94. The van der Waals surface area contributed by atoms with Crippen LogP contribution < -0.4 is 4.74 Å². The van der Waals surface area contributed by atoms with Gasteiger partial charge in [0.1, 0.15) is 11.5 Å². The van der Waals surface area contributed by atoms with Crippen LogP contribution in [-0.4, -0.2) is 69.5 Å². The smallest absolute Gasteiger partial charge is 0.409 e. The number of aliphatic hydroxyl groups is 1. The van der Waals surface area contributed by atoms with Crippen LogP contribution in [0.25, 0.3) is 5.76 Å². The van der Waals surface area contributed by atoms with Crippen molar-refractivity contribution in [1.82, 2.24) is 14.8 Å². The number of pyridine rings is 1. The first kappa shape index (κ1) is 25.2. The highest BCUT2D eigenvalue weighted by atomic mass is 16.6. The number of rotatable bonds is 6. The van der Waals surface area contributed by atoms with Crippen molar-refractivity contribution in [1.29, 1.82) is 0 Å². The molecule has 0 bridgehead atoms. The van der Waals surface area contributed by atoms with E-state index in [1.165, 1.54) is 0 Å². The van der Waals surface area contributed by atoms with E-state index in [4.69, 9.17) is 9.47 Å². The summed E-state index contributed by atoms with van der Waals surface area (Å²) in [6, 6.07) is 9.21. The number of Topliss-reactive ketones (excluding diaryl/α,β-unsaturated/α-hetero) is 1. The molecule has 4 rings (SSSR count). The number of likely N-dealkylation sites (tertiary alicyclic amines) is 2. The molecule has 2 fully saturated rings. The molecule has 3 heterocycles. The number of hydrogen-bond donors (Lipinski definition) is 1. The van der Waals surface area contributed by atoms with Crippen LogP contribution in [-0.2, 0) is 14.3 Å². The number of carbonyl (C=O) groups excluding carboxylic acids is 3. The summed E-state index contributed by atoms with van der Waals surface area (Å²) in [6.07, 6.45) is 3.81. The third kappa shape index (κ3) is 5.05. The number of aliphatic hydroxyl groups excluding tert-OH is 1. The molecule has 1 aromatic heterocycles. The lowest BCUT2D eigenvalue weighted by Crippen LogP contribution is -2.48. The van der Waals surface area contributed by atoms with Gasteiger partial charge in [-0.3, -0.25) is 14.6 Å². The van der Waals surface area contributed by atoms with Crippen LogP contribution in [0.3, 0.4) is 0 Å². The van der Waals surface area contributed by atoms with E-state index in [1.807, 2.05) is 13.8 Å². The van der Waals surface area contributed by atoms with E-state index >= 15 is 0 Å². The number of amides is 2. The maximum absolute atomic E-state index is 13.3. The fourth-order valence-electron chi connectivity index (χ4n) is 4.75. The standard InChI is InChI=1S/C27H31N3O6/c1-4-35-27(34)29-14-11-20(12-15-29)30-23(19-6-5-13-28-16-19)22(25(32)26(30)33)24(31)18-7-9-21(10-8-18)36-17(2)3/h5-10,13,16-17,20,23,31H,4,11-12,14-15H2,1-3H3/b24-22+. The number of aromatic nitrogens is 1. The zero-order valence-electron chi connectivity index (χ0n) is 20.7. The number of hydrogen-bond acceptors (Lipinski definition) is 7. The number of benzene rings is 1. The predicted octanol–water partition coefficient (Wildman–Crippen LogP) is 3.91. The van der Waals surface area contributed by atoms with Crippen LogP contribution in [0.2, 0.25) is 0 Å². The van der Waals surface area contributed by atoms with Crippen molar-refractivity contribution in [2.45, 2.75) is 51.8 Å². The normalized spacial score (nSPS) is 20.2. The molecule has 2 amide bonds. The van der Waals surface area contributed by atoms with Gasteiger partial charge in [-0.15, -0.1) is 0 Å². The second-order valence-corrected chi connectivity index (χ2v) is 9.10. The van der Waals surface area contributed by atoms with Gasteiger partial charge in [0.2, 0.25) is 0 Å². The van der Waals surface area contributed by atoms with Crippen molar-refractivity contribution in [3.63, 3.8) is 0 Å². The number of ketones is 1. The minimum atomic E-state index is -0.788. The lowest BCUT2D eigenvalue weighted by Gasteiger charge is -2.38. The number of nitrogens with zero attached hydrogens (tertiary/aromatic N) is 3. The van der Waals surface area contributed by atoms with Crippen molar-refractivity contribution < 1.29 is 29.0 Å². The predicted molar refractivity (Wildman–Crippen MR) is 132 cm³/mol. The summed E-state index contributed by atoms with van der Waals surface area (Å²) in [4.78, 5) is 46.1. The minimum Gasteiger partial charge on any atom is -0.507 e. The highest BCUT2D eigenvalue weighted by Gasteiger charge is 2.49. The van der Waals surface area contributed by atoms with Gasteiger partial charge in [-0.1, -0.05) is 6.07 Å². The van der Waals surface area contributed by atoms with Gasteiger partial charge < -0.3 is 24.4 Å². The first-order valence-corrected chi connectivity index (χ1v) is 12.2. The summed E-state index contributed by atoms with van der Waals surface area (Å²) in [7, 11) is 0. The molecule has 36 heavy (non-hydrogen) atoms. The van der Waals surface area contributed by atoms with Gasteiger partial charge in [0, 0.05) is 37.1 Å². The van der Waals surface area contributed by atoms with E-state index in [2.05, 4.69) is 4.98 Å². The molecule has 0 radical (unpaired) electrons. The average Bonchev–Trinajstić information content (AvgIpc) is 3.15. The summed E-state index contributed by atoms with van der Waals surface area (Å²) in [5.74, 6) is -1.01. The lowest BCUT2D eigenvalue weighted by molar-refractivity contribution is -0.142. The number of piperidine rings is 1. The molecule has 1 atom stereocenters. The second kappa shape index (κ2) is 10.8. The molecule has 2 saturated heterocycles. The summed E-state index contributed by atoms with van der Waals surface area (Å²) < 4.78 is 10.8. The molecule has 2 aliphatic heterocycles. The van der Waals surface area contributed by atoms with Crippen molar-refractivity contribution in [2.24, 2.45) is 0 Å². The van der Waals surface area contributed by atoms with Gasteiger partial charge in [0.05, 0.1) is 24.3 Å². The first-order valence-electron chi connectivity index (χ1n) is 12.2. The van der Waals surface area contributed by atoms with Gasteiger partial charge >= 0.3 is 6.09 Å². The van der Waals surface area contributed by atoms with Gasteiger partial charge in [-0.05, 0) is 69.5 Å². The fraction of sp³-hybridized carbons (Fsp3) is 0.407. The average molecular weight is 494 g/mol. The Morgan fingerprint density at radius 2 is 1.83 bits per heavy atom. The van der Waals surface area contributed by atoms with Crippen LogP contribution in [0, 0.1) is 0 Å². The molecular weight excluding hydrogens is 462 g/mol. The maximum atomic E-state index is 13.3. The van der Waals surface area contributed by atoms with Crippen LogP contribution in [0.1, 0.15) is 50.8 Å². The third-order valence-electron chi connectivity index (χ3n) is 6.36. The molecular formula is C27H31N3O6. The molecule has 0 spiro atoms. The summed E-state index contributed by atoms with van der Waals surface area (Å²) in [6.45, 7) is 6.69. The van der Waals surface area contributed by atoms with Gasteiger partial charge in [-0.25, -0.2) is 4.79 Å². The molecule has 1 aromatic carbocycles. The van der Waals surface area contributed by atoms with E-state index in [0.717, 1.165) is 0 Å². The summed E-state index contributed by atoms with van der Waals surface area (Å²) in [5.41, 5.74) is 1.07. The Balaban J connectivity index is 1.68. The maximum Gasteiger partial charge on any atom is 0.409 e. The van der Waals surface area contributed by atoms with E-state index in [9.17, 15) is 19.5 Å². The highest BCUT2D eigenvalue weighted by Crippen LogP contribution is 2.42. The van der Waals surface area contributed by atoms with E-state index < -0.39 is 17.7 Å². The molecule has 0 saturated carbocycles. The molecule has 1 N–H and O–H groups in total. The van der Waals surface area contributed by atoms with Gasteiger partial charge in [0.15, 0.2) is 0 Å². The summed E-state index contributed by atoms with van der Waals surface area (Å²) in [5, 5.41) is 11.3. The van der Waals surface area contributed by atoms with Crippen molar-refractivity contribution in [3.05, 3.63) is 65.5 Å². The Kier molecular flexibility index (Phi) is 7.57. The zero-order valence-corrected chi connectivity index (χ0v) is 20.7. The number of carbonyl (C=O) groups is 3. The van der Waals surface area contributed by atoms with Crippen LogP contribution in [0.15, 0.2) is 54.4 Å². The molecule has 0 aliphatic carbocycles. The molecule has 9 heteroatoms. The van der Waals surface area contributed by atoms with Crippen molar-refractivity contribution in [3.8, 4) is 5.75 Å². The number of ether oxygens (including phenoxy) is 2. The Bertz CT molecular complexity index is 1140. The Hall–Kier alpha value is -3.88. The molecule has 1 unspecified atom stereocenters. The molecule has 2 aliphatic rings. The topological polar surface area (TPSA) is 109 Å². The summed E-state index contributed by atoms with van der Waals surface area (Å²) >= 11 is 0. The monoisotopic (exact) mass is 493 g/mol. The van der Waals surface area contributed by atoms with E-state index in [1.54, 1.807) is 65.5 Å². The zero-order chi connectivity index (χ0) is 25.8. The SMILES string of the molecule is CCOC(=O)N1CCC(N2C(=O)C(=O)/C(=C(/O)c3ccc(OC(C)C)cc3)C2c2cccnc2)CC1. The molecule has 2 aromatic rings. The fourth-order valence-corrected chi connectivity index (χ4v) is 4.75. The second-order valence-electron chi connectivity index (χ2n) is 9.10.